The van der Waals surface area contributed by atoms with Crippen LogP contribution in [0.5, 0.6) is 11.5 Å². The first kappa shape index (κ1) is 22.7. The maximum absolute atomic E-state index is 12.1. The predicted octanol–water partition coefficient (Wildman–Crippen LogP) is 4.13. The van der Waals surface area contributed by atoms with Crippen molar-refractivity contribution in [3.05, 3.63) is 60.2 Å². The van der Waals surface area contributed by atoms with Crippen molar-refractivity contribution < 1.29 is 23.8 Å². The Morgan fingerprint density at radius 3 is 2.29 bits per heavy atom. The van der Waals surface area contributed by atoms with E-state index in [1.165, 1.54) is 6.42 Å². The fraction of sp³-hybridized carbons (Fsp3) is 0.440. The number of benzene rings is 2. The first-order chi connectivity index (χ1) is 15.0. The normalized spacial score (nSPS) is 20.5. The Bertz CT molecular complexity index is 837. The van der Waals surface area contributed by atoms with Crippen molar-refractivity contribution in [2.75, 3.05) is 13.2 Å². The molecule has 0 spiro atoms. The number of amides is 1. The van der Waals surface area contributed by atoms with E-state index < -0.39 is 5.97 Å². The largest absolute Gasteiger partial charge is 0.489 e. The van der Waals surface area contributed by atoms with Gasteiger partial charge in [0, 0.05) is 6.04 Å². The van der Waals surface area contributed by atoms with E-state index in [0.717, 1.165) is 18.4 Å². The molecule has 0 bridgehead atoms. The molecule has 0 radical (unpaired) electrons. The summed E-state index contributed by atoms with van der Waals surface area (Å²) in [5.74, 6) is 1.41. The zero-order valence-corrected chi connectivity index (χ0v) is 18.2. The number of hydrogen-bond acceptors (Lipinski definition) is 5. The monoisotopic (exact) mass is 425 g/mol. The highest BCUT2D eigenvalue weighted by Gasteiger charge is 2.28. The topological polar surface area (TPSA) is 73.9 Å². The minimum absolute atomic E-state index is 0.147. The molecule has 0 heterocycles. The highest BCUT2D eigenvalue weighted by Crippen LogP contribution is 2.29. The summed E-state index contributed by atoms with van der Waals surface area (Å²) in [4.78, 5) is 24.0. The smallest absolute Gasteiger partial charge is 0.344 e. The number of carbonyl (C=O) groups excluding carboxylic acids is 2. The summed E-state index contributed by atoms with van der Waals surface area (Å²) in [7, 11) is 0. The van der Waals surface area contributed by atoms with E-state index in [0.29, 0.717) is 29.9 Å². The van der Waals surface area contributed by atoms with E-state index in [-0.39, 0.29) is 25.2 Å². The average molecular weight is 426 g/mol. The zero-order chi connectivity index (χ0) is 22.1. The van der Waals surface area contributed by atoms with Gasteiger partial charge in [-0.05, 0) is 48.1 Å². The maximum Gasteiger partial charge on any atom is 0.344 e. The number of hydrogen-bond donors (Lipinski definition) is 1. The van der Waals surface area contributed by atoms with Gasteiger partial charge < -0.3 is 19.5 Å². The van der Waals surface area contributed by atoms with Crippen LogP contribution in [0.1, 0.15) is 38.7 Å². The summed E-state index contributed by atoms with van der Waals surface area (Å²) in [6.45, 7) is 4.31. The van der Waals surface area contributed by atoms with E-state index >= 15 is 0 Å². The van der Waals surface area contributed by atoms with E-state index in [9.17, 15) is 9.59 Å². The minimum Gasteiger partial charge on any atom is -0.489 e. The summed E-state index contributed by atoms with van der Waals surface area (Å²) in [5.41, 5.74) is 1.09. The van der Waals surface area contributed by atoms with Gasteiger partial charge in [0.05, 0.1) is 0 Å². The molecule has 6 nitrogen and oxygen atoms in total. The molecule has 1 aliphatic rings. The van der Waals surface area contributed by atoms with Gasteiger partial charge in [0.15, 0.2) is 13.2 Å². The van der Waals surface area contributed by atoms with Crippen LogP contribution in [0.4, 0.5) is 0 Å². The molecular formula is C25H31NO5. The lowest BCUT2D eigenvalue weighted by molar-refractivity contribution is -0.150. The summed E-state index contributed by atoms with van der Waals surface area (Å²) < 4.78 is 16.2. The first-order valence-corrected chi connectivity index (χ1v) is 10.9. The number of nitrogens with one attached hydrogen (secondary N) is 1. The quantitative estimate of drug-likeness (QED) is 0.612. The van der Waals surface area contributed by atoms with Crippen LogP contribution in [-0.4, -0.2) is 31.1 Å². The van der Waals surface area contributed by atoms with Gasteiger partial charge in [0.2, 0.25) is 0 Å². The molecule has 166 valence electrons. The molecule has 1 saturated carbocycles. The number of carbonyl (C=O) groups is 2. The summed E-state index contributed by atoms with van der Waals surface area (Å²) in [5, 5.41) is 2.99. The lowest BCUT2D eigenvalue weighted by Crippen LogP contribution is -2.45. The van der Waals surface area contributed by atoms with Gasteiger partial charge in [-0.1, -0.05) is 57.0 Å². The Kier molecular flexibility index (Phi) is 8.33. The van der Waals surface area contributed by atoms with Crippen LogP contribution in [0.25, 0.3) is 0 Å². The summed E-state index contributed by atoms with van der Waals surface area (Å²) in [6, 6.07) is 17.1. The molecule has 3 rings (SSSR count). The Morgan fingerprint density at radius 1 is 0.903 bits per heavy atom. The van der Waals surface area contributed by atoms with Crippen molar-refractivity contribution in [1.29, 1.82) is 0 Å². The van der Waals surface area contributed by atoms with Crippen LogP contribution in [0.2, 0.25) is 0 Å². The highest BCUT2D eigenvalue weighted by atomic mass is 16.6. The van der Waals surface area contributed by atoms with E-state index in [2.05, 4.69) is 19.2 Å². The van der Waals surface area contributed by atoms with Gasteiger partial charge in [-0.2, -0.15) is 0 Å². The molecule has 1 N–H and O–H groups in total. The molecule has 2 aromatic rings. The zero-order valence-electron chi connectivity index (χ0n) is 18.2. The first-order valence-electron chi connectivity index (χ1n) is 10.9. The van der Waals surface area contributed by atoms with Crippen molar-refractivity contribution in [2.45, 2.75) is 45.8 Å². The second-order valence-corrected chi connectivity index (χ2v) is 8.14. The van der Waals surface area contributed by atoms with Crippen molar-refractivity contribution in [3.8, 4) is 11.5 Å². The third-order valence-electron chi connectivity index (χ3n) is 5.85. The molecule has 3 atom stereocenters. The molecule has 1 aliphatic carbocycles. The maximum atomic E-state index is 12.1. The molecular weight excluding hydrogens is 394 g/mol. The van der Waals surface area contributed by atoms with Crippen LogP contribution >= 0.6 is 0 Å². The highest BCUT2D eigenvalue weighted by molar-refractivity contribution is 5.81. The fourth-order valence-corrected chi connectivity index (χ4v) is 3.74. The lowest BCUT2D eigenvalue weighted by atomic mass is 9.78. The summed E-state index contributed by atoms with van der Waals surface area (Å²) in [6.07, 6.45) is 3.28. The third-order valence-corrected chi connectivity index (χ3v) is 5.85. The van der Waals surface area contributed by atoms with Crippen LogP contribution in [0.15, 0.2) is 54.6 Å². The number of rotatable bonds is 9. The predicted molar refractivity (Wildman–Crippen MR) is 118 cm³/mol. The van der Waals surface area contributed by atoms with Gasteiger partial charge in [0.25, 0.3) is 5.91 Å². The van der Waals surface area contributed by atoms with Crippen molar-refractivity contribution in [1.82, 2.24) is 5.32 Å². The molecule has 1 amide bonds. The van der Waals surface area contributed by atoms with Crippen molar-refractivity contribution in [3.63, 3.8) is 0 Å². The fourth-order valence-electron chi connectivity index (χ4n) is 3.74. The molecule has 6 heteroatoms. The second kappa shape index (κ2) is 11.4. The standard InChI is InChI=1S/C25H31NO5/c1-18-7-6-10-23(19(18)2)26-24(27)16-31-25(28)17-30-22-13-11-21(12-14-22)29-15-20-8-4-3-5-9-20/h3-5,8-9,11-14,18-19,23H,6-7,10,15-17H2,1-2H3,(H,26,27)/t18-,19-,23-/m1/s1. The molecule has 0 unspecified atom stereocenters. The second-order valence-electron chi connectivity index (χ2n) is 8.14. The van der Waals surface area contributed by atoms with E-state index in [4.69, 9.17) is 14.2 Å². The van der Waals surface area contributed by atoms with E-state index in [1.54, 1.807) is 24.3 Å². The number of ether oxygens (including phenoxy) is 3. The van der Waals surface area contributed by atoms with Crippen LogP contribution in [0.3, 0.4) is 0 Å². The van der Waals surface area contributed by atoms with E-state index in [1.807, 2.05) is 30.3 Å². The van der Waals surface area contributed by atoms with Crippen LogP contribution < -0.4 is 14.8 Å². The molecule has 0 aromatic heterocycles. The van der Waals surface area contributed by atoms with Gasteiger partial charge >= 0.3 is 5.97 Å². The Hall–Kier alpha value is -3.02. The molecule has 2 aromatic carbocycles. The molecule has 0 aliphatic heterocycles. The minimum atomic E-state index is -0.579. The number of esters is 1. The van der Waals surface area contributed by atoms with Gasteiger partial charge in [0.1, 0.15) is 18.1 Å². The summed E-state index contributed by atoms with van der Waals surface area (Å²) >= 11 is 0. The van der Waals surface area contributed by atoms with Gasteiger partial charge in [-0.3, -0.25) is 4.79 Å². The average Bonchev–Trinajstić information content (AvgIpc) is 2.79. The van der Waals surface area contributed by atoms with Crippen LogP contribution in [0, 0.1) is 11.8 Å². The molecule has 0 saturated heterocycles. The Balaban J connectivity index is 1.34. The Labute approximate surface area is 183 Å². The lowest BCUT2D eigenvalue weighted by Gasteiger charge is -2.34. The third kappa shape index (κ3) is 7.31. The van der Waals surface area contributed by atoms with Gasteiger partial charge in [-0.25, -0.2) is 4.79 Å². The van der Waals surface area contributed by atoms with Gasteiger partial charge in [-0.15, -0.1) is 0 Å². The van der Waals surface area contributed by atoms with Crippen LogP contribution in [-0.2, 0) is 20.9 Å². The molecule has 1 fully saturated rings. The van der Waals surface area contributed by atoms with Crippen molar-refractivity contribution in [2.24, 2.45) is 11.8 Å². The SMILES string of the molecule is C[C@@H]1[C@H](C)CCC[C@H]1NC(=O)COC(=O)COc1ccc(OCc2ccccc2)cc1. The Morgan fingerprint density at radius 2 is 1.58 bits per heavy atom. The molecule has 31 heavy (non-hydrogen) atoms. The van der Waals surface area contributed by atoms with Crippen molar-refractivity contribution >= 4 is 11.9 Å².